The van der Waals surface area contributed by atoms with Gasteiger partial charge in [0.25, 0.3) is 0 Å². The lowest BCUT2D eigenvalue weighted by Crippen LogP contribution is -2.27. The van der Waals surface area contributed by atoms with Crippen LogP contribution in [0.15, 0.2) is 6.33 Å². The van der Waals surface area contributed by atoms with Gasteiger partial charge in [0, 0.05) is 13.1 Å². The molecule has 0 aliphatic rings. The summed E-state index contributed by atoms with van der Waals surface area (Å²) in [6.45, 7) is 4.72. The Morgan fingerprint density at radius 1 is 1.47 bits per heavy atom. The molecule has 0 spiro atoms. The second-order valence-electron chi connectivity index (χ2n) is 4.09. The summed E-state index contributed by atoms with van der Waals surface area (Å²) in [6, 6.07) is 0.365. The Hall–Kier alpha value is -1.15. The molecule has 0 amide bonds. The number of rotatable bonds is 7. The van der Waals surface area contributed by atoms with Crippen molar-refractivity contribution in [3.05, 3.63) is 6.33 Å². The highest BCUT2D eigenvalue weighted by Gasteiger charge is 2.12. The Bertz CT molecular complexity index is 440. The minimum absolute atomic E-state index is 0.0690. The summed E-state index contributed by atoms with van der Waals surface area (Å²) in [5.74, 6) is 0.307. The molecule has 2 N–H and O–H groups in total. The molecule has 17 heavy (non-hydrogen) atoms. The first-order chi connectivity index (χ1) is 7.91. The van der Waals surface area contributed by atoms with Crippen LogP contribution in [0.3, 0.4) is 0 Å². The van der Waals surface area contributed by atoms with E-state index in [1.165, 1.54) is 11.0 Å². The largest absolute Gasteiger partial charge is 0.314 e. The second kappa shape index (κ2) is 5.97. The van der Waals surface area contributed by atoms with Crippen LogP contribution in [-0.4, -0.2) is 41.5 Å². The fourth-order valence-corrected chi connectivity index (χ4v) is 2.32. The number of aryl methyl sites for hydroxylation is 1. The van der Waals surface area contributed by atoms with Gasteiger partial charge in [-0.1, -0.05) is 13.8 Å². The number of hydrogen-bond donors (Lipinski definition) is 2. The number of nitrogens with one attached hydrogen (secondary N) is 2. The van der Waals surface area contributed by atoms with Crippen molar-refractivity contribution in [2.75, 3.05) is 17.0 Å². The number of hydrogen-bond acceptors (Lipinski definition) is 5. The molecule has 0 fully saturated rings. The molecule has 0 saturated heterocycles. The van der Waals surface area contributed by atoms with Gasteiger partial charge in [0.1, 0.15) is 6.33 Å². The third-order valence-corrected chi connectivity index (χ3v) is 3.42. The summed E-state index contributed by atoms with van der Waals surface area (Å²) < 4.78 is 27.1. The number of aromatic nitrogens is 3. The van der Waals surface area contributed by atoms with E-state index in [-0.39, 0.29) is 11.7 Å². The third-order valence-electron chi connectivity index (χ3n) is 2.10. The van der Waals surface area contributed by atoms with E-state index >= 15 is 0 Å². The van der Waals surface area contributed by atoms with Crippen molar-refractivity contribution >= 4 is 16.0 Å². The van der Waals surface area contributed by atoms with E-state index < -0.39 is 10.0 Å². The smallest absolute Gasteiger partial charge is 0.235 e. The van der Waals surface area contributed by atoms with Gasteiger partial charge in [0.05, 0.1) is 5.75 Å². The highest BCUT2D eigenvalue weighted by Crippen LogP contribution is 2.03. The Kier molecular flexibility index (Phi) is 4.88. The summed E-state index contributed by atoms with van der Waals surface area (Å²) >= 11 is 0. The normalized spacial score (nSPS) is 12.0. The number of sulfonamides is 1. The standard InChI is InChI=1S/C9H19N5O2S/c1-8(2)10-5-4-6-17(15,16)13-9-11-7-12-14(9)3/h7-8,10H,4-6H2,1-3H3,(H,11,12,13). The van der Waals surface area contributed by atoms with Crippen molar-refractivity contribution in [1.29, 1.82) is 0 Å². The Morgan fingerprint density at radius 2 is 2.18 bits per heavy atom. The van der Waals surface area contributed by atoms with Crippen molar-refractivity contribution in [3.63, 3.8) is 0 Å². The molecule has 0 unspecified atom stereocenters. The average molecular weight is 261 g/mol. The van der Waals surface area contributed by atoms with E-state index in [0.29, 0.717) is 19.0 Å². The van der Waals surface area contributed by atoms with Gasteiger partial charge in [-0.3, -0.25) is 4.72 Å². The Balaban J connectivity index is 2.39. The molecule has 0 saturated carbocycles. The maximum atomic E-state index is 11.7. The predicted octanol–water partition coefficient (Wildman–Crippen LogP) is -0.0551. The van der Waals surface area contributed by atoms with Crippen molar-refractivity contribution in [1.82, 2.24) is 20.1 Å². The Labute approximate surface area is 102 Å². The fraction of sp³-hybridized carbons (Fsp3) is 0.778. The first-order valence-electron chi connectivity index (χ1n) is 5.48. The highest BCUT2D eigenvalue weighted by atomic mass is 32.2. The molecule has 0 bridgehead atoms. The van der Waals surface area contributed by atoms with Gasteiger partial charge in [0.2, 0.25) is 16.0 Å². The summed E-state index contributed by atoms with van der Waals surface area (Å²) in [7, 11) is -1.71. The number of nitrogens with zero attached hydrogens (tertiary/aromatic N) is 3. The topological polar surface area (TPSA) is 88.9 Å². The van der Waals surface area contributed by atoms with E-state index in [4.69, 9.17) is 0 Å². The predicted molar refractivity (Wildman–Crippen MR) is 66.2 cm³/mol. The van der Waals surface area contributed by atoms with E-state index in [9.17, 15) is 8.42 Å². The summed E-state index contributed by atoms with van der Waals surface area (Å²) in [5.41, 5.74) is 0. The van der Waals surface area contributed by atoms with Gasteiger partial charge in [-0.05, 0) is 13.0 Å². The molecular weight excluding hydrogens is 242 g/mol. The van der Waals surface area contributed by atoms with Gasteiger partial charge in [-0.15, -0.1) is 0 Å². The molecule has 98 valence electrons. The zero-order valence-electron chi connectivity index (χ0n) is 10.3. The monoisotopic (exact) mass is 261 g/mol. The van der Waals surface area contributed by atoms with Gasteiger partial charge in [0.15, 0.2) is 0 Å². The lowest BCUT2D eigenvalue weighted by molar-refractivity contribution is 0.570. The molecule has 1 aromatic rings. The summed E-state index contributed by atoms with van der Waals surface area (Å²) in [5, 5.41) is 6.95. The second-order valence-corrected chi connectivity index (χ2v) is 5.93. The van der Waals surface area contributed by atoms with Crippen LogP contribution >= 0.6 is 0 Å². The minimum atomic E-state index is -3.34. The number of anilines is 1. The third kappa shape index (κ3) is 5.14. The van der Waals surface area contributed by atoms with Crippen molar-refractivity contribution in [3.8, 4) is 0 Å². The van der Waals surface area contributed by atoms with Crippen LogP contribution in [0.5, 0.6) is 0 Å². The maximum absolute atomic E-state index is 11.7. The molecule has 0 aromatic carbocycles. The first kappa shape index (κ1) is 13.9. The van der Waals surface area contributed by atoms with Crippen LogP contribution in [0.4, 0.5) is 5.95 Å². The quantitative estimate of drug-likeness (QED) is 0.672. The lowest BCUT2D eigenvalue weighted by Gasteiger charge is -2.09. The first-order valence-corrected chi connectivity index (χ1v) is 7.14. The average Bonchev–Trinajstić information content (AvgIpc) is 2.58. The van der Waals surface area contributed by atoms with Gasteiger partial charge in [-0.2, -0.15) is 10.1 Å². The molecule has 1 rings (SSSR count). The molecule has 0 radical (unpaired) electrons. The zero-order chi connectivity index (χ0) is 12.9. The van der Waals surface area contributed by atoms with Crippen LogP contribution in [-0.2, 0) is 17.1 Å². The zero-order valence-corrected chi connectivity index (χ0v) is 11.2. The van der Waals surface area contributed by atoms with Crippen LogP contribution in [0.25, 0.3) is 0 Å². The molecule has 1 heterocycles. The van der Waals surface area contributed by atoms with Crippen molar-refractivity contribution in [2.45, 2.75) is 26.3 Å². The molecular formula is C9H19N5O2S. The van der Waals surface area contributed by atoms with Crippen molar-refractivity contribution in [2.24, 2.45) is 7.05 Å². The molecule has 1 aromatic heterocycles. The van der Waals surface area contributed by atoms with E-state index in [1.54, 1.807) is 7.05 Å². The lowest BCUT2D eigenvalue weighted by atomic mass is 10.4. The van der Waals surface area contributed by atoms with E-state index in [0.717, 1.165) is 0 Å². The van der Waals surface area contributed by atoms with Crippen LogP contribution < -0.4 is 10.0 Å². The summed E-state index contributed by atoms with van der Waals surface area (Å²) in [6.07, 6.45) is 1.86. The molecule has 7 nitrogen and oxygen atoms in total. The van der Waals surface area contributed by atoms with Crippen LogP contribution in [0.2, 0.25) is 0 Å². The van der Waals surface area contributed by atoms with E-state index in [1.807, 2.05) is 13.8 Å². The molecule has 8 heteroatoms. The molecule has 0 aliphatic carbocycles. The van der Waals surface area contributed by atoms with Gasteiger partial charge in [-0.25, -0.2) is 13.1 Å². The van der Waals surface area contributed by atoms with Crippen LogP contribution in [0, 0.1) is 0 Å². The van der Waals surface area contributed by atoms with Gasteiger partial charge < -0.3 is 5.32 Å². The Morgan fingerprint density at radius 3 is 2.71 bits per heavy atom. The summed E-state index contributed by atoms with van der Waals surface area (Å²) in [4.78, 5) is 3.80. The SMILES string of the molecule is CC(C)NCCCS(=O)(=O)Nc1ncnn1C. The molecule has 0 atom stereocenters. The fourth-order valence-electron chi connectivity index (χ4n) is 1.23. The van der Waals surface area contributed by atoms with Gasteiger partial charge >= 0.3 is 0 Å². The van der Waals surface area contributed by atoms with Crippen molar-refractivity contribution < 1.29 is 8.42 Å². The molecule has 0 aliphatic heterocycles. The minimum Gasteiger partial charge on any atom is -0.314 e. The highest BCUT2D eigenvalue weighted by molar-refractivity contribution is 7.92. The maximum Gasteiger partial charge on any atom is 0.235 e. The van der Waals surface area contributed by atoms with E-state index in [2.05, 4.69) is 20.1 Å². The van der Waals surface area contributed by atoms with Crippen LogP contribution in [0.1, 0.15) is 20.3 Å².